The Balaban J connectivity index is 3.33. The highest BCUT2D eigenvalue weighted by atomic mass is 19.2. The summed E-state index contributed by atoms with van der Waals surface area (Å²) in [5.41, 5.74) is -0.730. The quantitative estimate of drug-likeness (QED) is 0.340. The van der Waals surface area contributed by atoms with Crippen LogP contribution in [0.15, 0.2) is 12.1 Å². The number of carbonyl (C=O) groups excluding carboxylic acids is 1. The van der Waals surface area contributed by atoms with Gasteiger partial charge in [0, 0.05) is 0 Å². The van der Waals surface area contributed by atoms with Crippen LogP contribution in [0.5, 0.6) is 0 Å². The maximum absolute atomic E-state index is 12.8. The van der Waals surface area contributed by atoms with Crippen molar-refractivity contribution in [2.24, 2.45) is 0 Å². The lowest BCUT2D eigenvalue weighted by Crippen LogP contribution is -1.93. The van der Waals surface area contributed by atoms with Crippen LogP contribution in [-0.2, 0) is 4.79 Å². The van der Waals surface area contributed by atoms with Crippen molar-refractivity contribution in [2.45, 2.75) is 0 Å². The van der Waals surface area contributed by atoms with Gasteiger partial charge in [-0.05, 0) is 18.1 Å². The molecule has 1 rings (SSSR count). The minimum absolute atomic E-state index is 0.170. The number of carbonyl (C=O) groups is 1. The van der Waals surface area contributed by atoms with Crippen LogP contribution in [0.2, 0.25) is 0 Å². The smallest absolute Gasteiger partial charge is 0.193 e. The molecule has 0 aliphatic rings. The zero-order valence-corrected chi connectivity index (χ0v) is 6.27. The fourth-order valence-corrected chi connectivity index (χ4v) is 0.743. The molecule has 1 aromatic carbocycles. The highest BCUT2D eigenvalue weighted by molar-refractivity contribution is 5.74. The second-order valence-corrected chi connectivity index (χ2v) is 2.11. The second kappa shape index (κ2) is 3.76. The highest BCUT2D eigenvalue weighted by Gasteiger charge is 2.10. The monoisotopic (exact) mass is 184 g/mol. The Morgan fingerprint density at radius 3 is 2.38 bits per heavy atom. The molecule has 0 bridgehead atoms. The van der Waals surface area contributed by atoms with Crippen molar-refractivity contribution in [3.63, 3.8) is 0 Å². The predicted molar refractivity (Wildman–Crippen MR) is 39.3 cm³/mol. The third-order valence-corrected chi connectivity index (χ3v) is 1.30. The lowest BCUT2D eigenvalue weighted by atomic mass is 10.2. The van der Waals surface area contributed by atoms with E-state index in [1.54, 1.807) is 5.92 Å². The summed E-state index contributed by atoms with van der Waals surface area (Å²) in [6.07, 6.45) is 0.170. The lowest BCUT2D eigenvalue weighted by molar-refractivity contribution is -0.103. The first kappa shape index (κ1) is 9.33. The molecule has 1 nitrogen and oxygen atoms in total. The summed E-state index contributed by atoms with van der Waals surface area (Å²) < 4.78 is 38.0. The fraction of sp³-hybridized carbons (Fsp3) is 0. The molecule has 66 valence electrons. The highest BCUT2D eigenvalue weighted by Crippen LogP contribution is 2.13. The summed E-state index contributed by atoms with van der Waals surface area (Å²) in [7, 11) is 0. The maximum Gasteiger partial charge on any atom is 0.193 e. The summed E-state index contributed by atoms with van der Waals surface area (Å²) >= 11 is 0. The van der Waals surface area contributed by atoms with Crippen molar-refractivity contribution in [2.75, 3.05) is 0 Å². The van der Waals surface area contributed by atoms with E-state index in [9.17, 15) is 18.0 Å². The lowest BCUT2D eigenvalue weighted by Gasteiger charge is -1.96. The van der Waals surface area contributed by atoms with E-state index in [-0.39, 0.29) is 6.29 Å². The van der Waals surface area contributed by atoms with Gasteiger partial charge in [-0.15, -0.1) is 0 Å². The van der Waals surface area contributed by atoms with E-state index in [1.165, 1.54) is 0 Å². The minimum Gasteiger partial charge on any atom is -0.289 e. The van der Waals surface area contributed by atoms with E-state index in [0.717, 1.165) is 6.07 Å². The van der Waals surface area contributed by atoms with Crippen molar-refractivity contribution < 1.29 is 18.0 Å². The van der Waals surface area contributed by atoms with Gasteiger partial charge in [-0.3, -0.25) is 4.79 Å². The molecule has 0 radical (unpaired) electrons. The van der Waals surface area contributed by atoms with Gasteiger partial charge in [0.05, 0.1) is 5.56 Å². The molecule has 0 amide bonds. The Bertz CT molecular complexity index is 401. The van der Waals surface area contributed by atoms with Crippen molar-refractivity contribution in [1.82, 2.24) is 0 Å². The first-order valence-electron chi connectivity index (χ1n) is 3.25. The largest absolute Gasteiger partial charge is 0.289 e. The molecular formula is C9H3F3O. The molecule has 0 unspecified atom stereocenters. The van der Waals surface area contributed by atoms with Gasteiger partial charge in [-0.1, -0.05) is 5.92 Å². The fourth-order valence-electron chi connectivity index (χ4n) is 0.743. The van der Waals surface area contributed by atoms with Crippen molar-refractivity contribution in [1.29, 1.82) is 0 Å². The Kier molecular flexibility index (Phi) is 2.70. The van der Waals surface area contributed by atoms with Gasteiger partial charge < -0.3 is 0 Å². The third kappa shape index (κ3) is 1.88. The van der Waals surface area contributed by atoms with Crippen LogP contribution in [0.4, 0.5) is 13.2 Å². The number of rotatable bonds is 0. The van der Waals surface area contributed by atoms with Gasteiger partial charge in [-0.2, -0.15) is 0 Å². The zero-order chi connectivity index (χ0) is 9.84. The van der Waals surface area contributed by atoms with Gasteiger partial charge in [0.15, 0.2) is 17.9 Å². The van der Waals surface area contributed by atoms with E-state index in [2.05, 4.69) is 0 Å². The van der Waals surface area contributed by atoms with Crippen LogP contribution in [0.1, 0.15) is 5.56 Å². The van der Waals surface area contributed by atoms with Gasteiger partial charge in [-0.25, -0.2) is 13.2 Å². The van der Waals surface area contributed by atoms with Gasteiger partial charge in [0.2, 0.25) is 0 Å². The maximum atomic E-state index is 12.8. The molecule has 0 fully saturated rings. The molecule has 4 heteroatoms. The van der Waals surface area contributed by atoms with Crippen LogP contribution in [-0.4, -0.2) is 6.29 Å². The molecule has 0 aliphatic carbocycles. The van der Waals surface area contributed by atoms with Crippen LogP contribution < -0.4 is 0 Å². The van der Waals surface area contributed by atoms with Crippen LogP contribution in [0.25, 0.3) is 0 Å². The number of aldehydes is 1. The molecule has 1 aromatic rings. The predicted octanol–water partition coefficient (Wildman–Crippen LogP) is 1.65. The summed E-state index contributed by atoms with van der Waals surface area (Å²) in [5, 5.41) is 0. The van der Waals surface area contributed by atoms with Crippen molar-refractivity contribution >= 4 is 6.29 Å². The SMILES string of the molecule is O=CC#Cc1c(F)ccc(F)c1F. The first-order chi connectivity index (χ1) is 6.16. The zero-order valence-electron chi connectivity index (χ0n) is 6.27. The average Bonchev–Trinajstić information content (AvgIpc) is 2.12. The Morgan fingerprint density at radius 1 is 1.15 bits per heavy atom. The average molecular weight is 184 g/mol. The molecule has 0 saturated heterocycles. The van der Waals surface area contributed by atoms with E-state index in [1.807, 2.05) is 5.92 Å². The Hall–Kier alpha value is -1.76. The molecular weight excluding hydrogens is 181 g/mol. The normalized spacial score (nSPS) is 8.85. The van der Waals surface area contributed by atoms with Gasteiger partial charge in [0.1, 0.15) is 5.82 Å². The number of hydrogen-bond donors (Lipinski definition) is 0. The van der Waals surface area contributed by atoms with Gasteiger partial charge >= 0.3 is 0 Å². The number of benzene rings is 1. The summed E-state index contributed by atoms with van der Waals surface area (Å²) in [6.45, 7) is 0. The second-order valence-electron chi connectivity index (χ2n) is 2.11. The molecule has 0 atom stereocenters. The van der Waals surface area contributed by atoms with Crippen molar-refractivity contribution in [3.05, 3.63) is 35.1 Å². The molecule has 0 aromatic heterocycles. The van der Waals surface area contributed by atoms with Crippen LogP contribution in [0.3, 0.4) is 0 Å². The molecule has 0 saturated carbocycles. The molecule has 0 spiro atoms. The molecule has 0 aliphatic heterocycles. The summed E-state index contributed by atoms with van der Waals surface area (Å²) in [5.74, 6) is 0.0897. The first-order valence-corrected chi connectivity index (χ1v) is 3.25. The molecule has 13 heavy (non-hydrogen) atoms. The van der Waals surface area contributed by atoms with E-state index in [0.29, 0.717) is 6.07 Å². The van der Waals surface area contributed by atoms with Gasteiger partial charge in [0.25, 0.3) is 0 Å². The Morgan fingerprint density at radius 2 is 1.77 bits per heavy atom. The van der Waals surface area contributed by atoms with E-state index in [4.69, 9.17) is 0 Å². The van der Waals surface area contributed by atoms with Crippen LogP contribution >= 0.6 is 0 Å². The van der Waals surface area contributed by atoms with Crippen molar-refractivity contribution in [3.8, 4) is 11.8 Å². The number of halogens is 3. The number of hydrogen-bond acceptors (Lipinski definition) is 1. The van der Waals surface area contributed by atoms with E-state index >= 15 is 0 Å². The third-order valence-electron chi connectivity index (χ3n) is 1.30. The summed E-state index contributed by atoms with van der Waals surface area (Å²) in [4.78, 5) is 9.77. The topological polar surface area (TPSA) is 17.1 Å². The van der Waals surface area contributed by atoms with E-state index < -0.39 is 23.0 Å². The summed E-state index contributed by atoms with van der Waals surface area (Å²) in [6, 6.07) is 1.39. The Labute approximate surface area is 72.2 Å². The van der Waals surface area contributed by atoms with Crippen LogP contribution in [0, 0.1) is 29.3 Å². The minimum atomic E-state index is -1.38. The molecule has 0 heterocycles. The standard InChI is InChI=1S/C9H3F3O/c10-7-3-4-8(11)9(12)6(7)2-1-5-13/h3-5H. The molecule has 0 N–H and O–H groups in total.